The molecule has 18 heavy (non-hydrogen) atoms. The van der Waals surface area contributed by atoms with Crippen molar-refractivity contribution in [3.8, 4) is 0 Å². The number of nitrogens with zero attached hydrogens (tertiary/aromatic N) is 1. The topological polar surface area (TPSA) is 80.5 Å². The molecule has 1 aromatic rings. The first-order chi connectivity index (χ1) is 8.18. The molecule has 0 saturated heterocycles. The quantitative estimate of drug-likeness (QED) is 0.914. The van der Waals surface area contributed by atoms with Crippen LogP contribution in [-0.4, -0.2) is 32.3 Å². The normalized spacial score (nSPS) is 13.4. The van der Waals surface area contributed by atoms with Crippen molar-refractivity contribution in [2.45, 2.75) is 38.1 Å². The van der Waals surface area contributed by atoms with Crippen molar-refractivity contribution in [1.82, 2.24) is 4.90 Å². The highest BCUT2D eigenvalue weighted by Crippen LogP contribution is 2.26. The van der Waals surface area contributed by atoms with Crippen LogP contribution in [0.3, 0.4) is 0 Å². The first-order valence-corrected chi connectivity index (χ1v) is 7.95. The lowest BCUT2D eigenvalue weighted by Gasteiger charge is -2.23. The zero-order valence-corrected chi connectivity index (χ0v) is 12.6. The van der Waals surface area contributed by atoms with Gasteiger partial charge in [-0.15, -0.1) is 11.3 Å². The van der Waals surface area contributed by atoms with E-state index in [2.05, 4.69) is 0 Å². The number of aryl methyl sites for hydroxylation is 1. The third-order valence-corrected chi connectivity index (χ3v) is 5.17. The van der Waals surface area contributed by atoms with Crippen LogP contribution in [0.4, 0.5) is 0 Å². The minimum Gasteiger partial charge on any atom is -0.338 e. The van der Waals surface area contributed by atoms with Gasteiger partial charge in [-0.25, -0.2) is 13.6 Å². The lowest BCUT2D eigenvalue weighted by Crippen LogP contribution is -2.34. The van der Waals surface area contributed by atoms with E-state index in [1.54, 1.807) is 18.9 Å². The van der Waals surface area contributed by atoms with Gasteiger partial charge >= 0.3 is 0 Å². The molecule has 5 nitrogen and oxygen atoms in total. The molecular formula is C11H18N2O3S2. The number of hydrogen-bond donors (Lipinski definition) is 1. The van der Waals surface area contributed by atoms with Crippen LogP contribution >= 0.6 is 11.3 Å². The number of thiophene rings is 1. The lowest BCUT2D eigenvalue weighted by atomic mass is 10.2. The molecule has 0 aromatic carbocycles. The van der Waals surface area contributed by atoms with Crippen LogP contribution in [0.5, 0.6) is 0 Å². The summed E-state index contributed by atoms with van der Waals surface area (Å²) in [5, 5.41) is 5.09. The van der Waals surface area contributed by atoms with Gasteiger partial charge in [0.2, 0.25) is 10.0 Å². The summed E-state index contributed by atoms with van der Waals surface area (Å²) in [6, 6.07) is 1.47. The van der Waals surface area contributed by atoms with Crippen molar-refractivity contribution in [1.29, 1.82) is 0 Å². The number of carbonyl (C=O) groups is 1. The summed E-state index contributed by atoms with van der Waals surface area (Å²) in [5.74, 6) is -0.174. The molecule has 2 N–H and O–H groups in total. The molecule has 1 amide bonds. The van der Waals surface area contributed by atoms with Gasteiger partial charge in [-0.2, -0.15) is 0 Å². The third kappa shape index (κ3) is 3.09. The fourth-order valence-electron chi connectivity index (χ4n) is 1.50. The summed E-state index contributed by atoms with van der Waals surface area (Å²) in [6.45, 7) is 5.58. The maximum absolute atomic E-state index is 12.1. The average Bonchev–Trinajstić information content (AvgIpc) is 2.68. The van der Waals surface area contributed by atoms with E-state index in [1.807, 2.05) is 13.8 Å². The number of sulfonamides is 1. The predicted octanol–water partition coefficient (Wildman–Crippen LogP) is 1.57. The third-order valence-electron chi connectivity index (χ3n) is 2.96. The predicted molar refractivity (Wildman–Crippen MR) is 72.3 cm³/mol. The van der Waals surface area contributed by atoms with Crippen LogP contribution in [0.1, 0.15) is 34.8 Å². The van der Waals surface area contributed by atoms with Gasteiger partial charge in [0.25, 0.3) is 5.91 Å². The van der Waals surface area contributed by atoms with Crippen LogP contribution in [-0.2, 0) is 10.0 Å². The Balaban J connectivity index is 3.10. The molecule has 0 spiro atoms. The molecular weight excluding hydrogens is 272 g/mol. The molecule has 0 aliphatic carbocycles. The van der Waals surface area contributed by atoms with E-state index in [4.69, 9.17) is 5.14 Å². The van der Waals surface area contributed by atoms with Crippen LogP contribution in [0.2, 0.25) is 0 Å². The van der Waals surface area contributed by atoms with E-state index in [1.165, 1.54) is 6.07 Å². The molecule has 1 rings (SSSR count). The molecule has 1 atom stereocenters. The smallest absolute Gasteiger partial charge is 0.263 e. The van der Waals surface area contributed by atoms with Crippen molar-refractivity contribution >= 4 is 27.3 Å². The molecule has 1 heterocycles. The van der Waals surface area contributed by atoms with Crippen LogP contribution in [0, 0.1) is 6.92 Å². The number of hydrogen-bond acceptors (Lipinski definition) is 4. The van der Waals surface area contributed by atoms with Crippen LogP contribution in [0.15, 0.2) is 11.0 Å². The summed E-state index contributed by atoms with van der Waals surface area (Å²) in [4.78, 5) is 14.7. The largest absolute Gasteiger partial charge is 0.338 e. The highest BCUT2D eigenvalue weighted by atomic mass is 32.2. The van der Waals surface area contributed by atoms with Gasteiger partial charge in [-0.3, -0.25) is 4.79 Å². The summed E-state index contributed by atoms with van der Waals surface area (Å²) < 4.78 is 22.6. The molecule has 0 aliphatic rings. The zero-order chi connectivity index (χ0) is 14.1. The van der Waals surface area contributed by atoms with Crippen LogP contribution in [0.25, 0.3) is 0 Å². The fourth-order valence-corrected chi connectivity index (χ4v) is 3.63. The van der Waals surface area contributed by atoms with Crippen LogP contribution < -0.4 is 5.14 Å². The van der Waals surface area contributed by atoms with E-state index >= 15 is 0 Å². The molecule has 0 radical (unpaired) electrons. The maximum Gasteiger partial charge on any atom is 0.263 e. The summed E-state index contributed by atoms with van der Waals surface area (Å²) in [7, 11) is -2.05. The van der Waals surface area contributed by atoms with E-state index in [0.717, 1.165) is 17.8 Å². The van der Waals surface area contributed by atoms with Gasteiger partial charge in [0.15, 0.2) is 0 Å². The Morgan fingerprint density at radius 2 is 2.11 bits per heavy atom. The number of rotatable bonds is 4. The second kappa shape index (κ2) is 5.38. The molecule has 1 unspecified atom stereocenters. The average molecular weight is 290 g/mol. The summed E-state index contributed by atoms with van der Waals surface area (Å²) >= 11 is 1.16. The Morgan fingerprint density at radius 1 is 1.56 bits per heavy atom. The van der Waals surface area contributed by atoms with Gasteiger partial charge < -0.3 is 4.90 Å². The fraction of sp³-hybridized carbons (Fsp3) is 0.545. The van der Waals surface area contributed by atoms with Gasteiger partial charge in [0.1, 0.15) is 0 Å². The van der Waals surface area contributed by atoms with E-state index < -0.39 is 10.0 Å². The summed E-state index contributed by atoms with van der Waals surface area (Å²) in [5.41, 5.74) is 0. The van der Waals surface area contributed by atoms with Gasteiger partial charge in [-0.05, 0) is 26.3 Å². The minimum atomic E-state index is -3.76. The Labute approximate surface area is 112 Å². The second-order valence-corrected chi connectivity index (χ2v) is 7.04. The summed E-state index contributed by atoms with van der Waals surface area (Å²) in [6.07, 6.45) is 0.842. The number of primary sulfonamides is 1. The van der Waals surface area contributed by atoms with Crippen molar-refractivity contribution in [3.63, 3.8) is 0 Å². The van der Waals surface area contributed by atoms with E-state index in [0.29, 0.717) is 9.75 Å². The molecule has 0 fully saturated rings. The minimum absolute atomic E-state index is 0.0356. The monoisotopic (exact) mass is 290 g/mol. The molecule has 7 heteroatoms. The number of carbonyl (C=O) groups excluding carboxylic acids is 1. The maximum atomic E-state index is 12.1. The SMILES string of the molecule is CCC(C)N(C)C(=O)c1cc(S(N)(=O)=O)c(C)s1. The van der Waals surface area contributed by atoms with Gasteiger partial charge in [0, 0.05) is 18.0 Å². The highest BCUT2D eigenvalue weighted by Gasteiger charge is 2.22. The lowest BCUT2D eigenvalue weighted by molar-refractivity contribution is 0.0745. The van der Waals surface area contributed by atoms with Gasteiger partial charge in [0.05, 0.1) is 9.77 Å². The zero-order valence-electron chi connectivity index (χ0n) is 10.9. The van der Waals surface area contributed by atoms with Crippen molar-refractivity contribution in [2.75, 3.05) is 7.05 Å². The van der Waals surface area contributed by atoms with E-state index in [9.17, 15) is 13.2 Å². The first kappa shape index (κ1) is 15.1. The highest BCUT2D eigenvalue weighted by molar-refractivity contribution is 7.89. The van der Waals surface area contributed by atoms with E-state index in [-0.39, 0.29) is 16.8 Å². The Morgan fingerprint density at radius 3 is 2.50 bits per heavy atom. The molecule has 0 saturated carbocycles. The number of nitrogens with two attached hydrogens (primary N) is 1. The van der Waals surface area contributed by atoms with Crippen molar-refractivity contribution in [3.05, 3.63) is 15.8 Å². The van der Waals surface area contributed by atoms with Crippen molar-refractivity contribution < 1.29 is 13.2 Å². The molecule has 1 aromatic heterocycles. The molecule has 0 aliphatic heterocycles. The Hall–Kier alpha value is -0.920. The Kier molecular flexibility index (Phi) is 4.52. The second-order valence-electron chi connectivity index (χ2n) is 4.25. The number of amides is 1. The standard InChI is InChI=1S/C11H18N2O3S2/c1-5-7(2)13(4)11(14)9-6-10(8(3)17-9)18(12,15)16/h6-7H,5H2,1-4H3,(H2,12,15,16). The Bertz CT molecular complexity index is 549. The first-order valence-electron chi connectivity index (χ1n) is 5.58. The van der Waals surface area contributed by atoms with Crippen molar-refractivity contribution in [2.24, 2.45) is 5.14 Å². The molecule has 0 bridgehead atoms. The molecule has 102 valence electrons. The van der Waals surface area contributed by atoms with Gasteiger partial charge in [-0.1, -0.05) is 6.92 Å².